The fourth-order valence-corrected chi connectivity index (χ4v) is 8.34. The molecule has 0 radical (unpaired) electrons. The predicted molar refractivity (Wildman–Crippen MR) is 213 cm³/mol. The van der Waals surface area contributed by atoms with Crippen LogP contribution in [-0.4, -0.2) is 4.57 Å². The molecule has 8 aromatic carbocycles. The van der Waals surface area contributed by atoms with Gasteiger partial charge in [0.2, 0.25) is 0 Å². The van der Waals surface area contributed by atoms with E-state index in [0.29, 0.717) is 11.4 Å². The SMILES string of the molecule is [2H]c1c([2H])c([2H])c(N(c2ccc3c(c2)C(c2ccccc2)(c2ccccc2)c2ccccc2-3)c2cccc3c4ccccc4n(-c4ccccc4)c23)c([2H])c1[2H]. The van der Waals surface area contributed by atoms with E-state index in [1.807, 2.05) is 65.6 Å². The molecule has 1 aliphatic rings. The van der Waals surface area contributed by atoms with E-state index in [2.05, 4.69) is 120 Å². The first-order valence-electron chi connectivity index (χ1n) is 19.7. The molecule has 0 saturated carbocycles. The van der Waals surface area contributed by atoms with E-state index < -0.39 is 23.5 Å². The molecule has 0 atom stereocenters. The first-order chi connectivity index (χ1) is 27.4. The van der Waals surface area contributed by atoms with E-state index in [1.165, 1.54) is 0 Å². The van der Waals surface area contributed by atoms with Crippen LogP contribution >= 0.6 is 0 Å². The normalized spacial score (nSPS) is 14.2. The molecule has 0 amide bonds. The summed E-state index contributed by atoms with van der Waals surface area (Å²) < 4.78 is 47.2. The van der Waals surface area contributed by atoms with E-state index in [4.69, 9.17) is 4.11 Å². The second kappa shape index (κ2) is 11.8. The highest BCUT2D eigenvalue weighted by molar-refractivity contribution is 6.14. The molecule has 51 heavy (non-hydrogen) atoms. The van der Waals surface area contributed by atoms with E-state index in [0.717, 1.165) is 60.9 Å². The van der Waals surface area contributed by atoms with Crippen LogP contribution in [0.5, 0.6) is 0 Å². The number of benzene rings is 8. The van der Waals surface area contributed by atoms with Crippen LogP contribution in [-0.2, 0) is 5.41 Å². The van der Waals surface area contributed by atoms with Crippen molar-refractivity contribution in [3.05, 3.63) is 228 Å². The Labute approximate surface area is 305 Å². The van der Waals surface area contributed by atoms with Gasteiger partial charge in [0.05, 0.1) is 29.0 Å². The topological polar surface area (TPSA) is 8.17 Å². The van der Waals surface area contributed by atoms with Crippen molar-refractivity contribution in [2.45, 2.75) is 5.41 Å². The number of rotatable bonds is 6. The highest BCUT2D eigenvalue weighted by Gasteiger charge is 2.46. The third-order valence-electron chi connectivity index (χ3n) is 10.3. The van der Waals surface area contributed by atoms with Gasteiger partial charge in [0.1, 0.15) is 0 Å². The zero-order chi connectivity index (χ0) is 38.1. The average Bonchev–Trinajstić information content (AvgIpc) is 3.75. The Morgan fingerprint density at radius 3 is 1.82 bits per heavy atom. The Morgan fingerprint density at radius 2 is 1.08 bits per heavy atom. The maximum atomic E-state index is 9.38. The zero-order valence-corrected chi connectivity index (χ0v) is 27.6. The van der Waals surface area contributed by atoms with Crippen LogP contribution < -0.4 is 4.90 Å². The lowest BCUT2D eigenvalue weighted by Crippen LogP contribution is -2.28. The summed E-state index contributed by atoms with van der Waals surface area (Å²) in [5.41, 5.74) is 10.1. The fraction of sp³-hybridized carbons (Fsp3) is 0.0204. The number of nitrogens with zero attached hydrogens (tertiary/aromatic N) is 2. The molecule has 2 nitrogen and oxygen atoms in total. The van der Waals surface area contributed by atoms with Crippen molar-refractivity contribution >= 4 is 38.9 Å². The molecule has 0 fully saturated rings. The molecular weight excluding hydrogens is 617 g/mol. The number of anilines is 3. The van der Waals surface area contributed by atoms with Crippen molar-refractivity contribution < 1.29 is 6.85 Å². The number of para-hydroxylation sites is 4. The fourth-order valence-electron chi connectivity index (χ4n) is 8.34. The largest absolute Gasteiger partial charge is 0.308 e. The van der Waals surface area contributed by atoms with Crippen molar-refractivity contribution in [3.63, 3.8) is 0 Å². The highest BCUT2D eigenvalue weighted by atomic mass is 15.2. The predicted octanol–water partition coefficient (Wildman–Crippen LogP) is 12.6. The quantitative estimate of drug-likeness (QED) is 0.173. The zero-order valence-electron chi connectivity index (χ0n) is 32.6. The lowest BCUT2D eigenvalue weighted by Gasteiger charge is -2.35. The van der Waals surface area contributed by atoms with Gasteiger partial charge in [-0.1, -0.05) is 158 Å². The van der Waals surface area contributed by atoms with Crippen LogP contribution in [0.15, 0.2) is 206 Å². The Balaban J connectivity index is 1.35. The molecule has 0 saturated heterocycles. The maximum Gasteiger partial charge on any atom is 0.0782 e. The van der Waals surface area contributed by atoms with Crippen LogP contribution in [0.2, 0.25) is 0 Å². The van der Waals surface area contributed by atoms with E-state index >= 15 is 0 Å². The molecule has 2 heteroatoms. The second-order valence-corrected chi connectivity index (χ2v) is 12.9. The lowest BCUT2D eigenvalue weighted by atomic mass is 9.67. The minimum atomic E-state index is -0.707. The third kappa shape index (κ3) is 4.36. The van der Waals surface area contributed by atoms with E-state index in [9.17, 15) is 2.74 Å². The summed E-state index contributed by atoms with van der Waals surface area (Å²) in [4.78, 5) is 1.88. The Bertz CT molecular complexity index is 2910. The van der Waals surface area contributed by atoms with Gasteiger partial charge in [-0.15, -0.1) is 0 Å². The molecule has 1 aromatic heterocycles. The third-order valence-corrected chi connectivity index (χ3v) is 10.3. The van der Waals surface area contributed by atoms with Crippen molar-refractivity contribution in [2.75, 3.05) is 4.90 Å². The maximum absolute atomic E-state index is 9.38. The first kappa shape index (κ1) is 24.5. The van der Waals surface area contributed by atoms with Crippen LogP contribution in [0.3, 0.4) is 0 Å². The first-order valence-corrected chi connectivity index (χ1v) is 17.2. The van der Waals surface area contributed by atoms with Crippen LogP contribution in [0, 0.1) is 0 Å². The molecule has 1 heterocycles. The average molecular weight is 656 g/mol. The molecule has 0 unspecified atom stereocenters. The van der Waals surface area contributed by atoms with Gasteiger partial charge in [-0.25, -0.2) is 0 Å². The van der Waals surface area contributed by atoms with Gasteiger partial charge >= 0.3 is 0 Å². The molecule has 10 rings (SSSR count). The minimum Gasteiger partial charge on any atom is -0.308 e. The summed E-state index contributed by atoms with van der Waals surface area (Å²) in [5.74, 6) is 0. The number of hydrogen-bond acceptors (Lipinski definition) is 1. The number of hydrogen-bond donors (Lipinski definition) is 0. The lowest BCUT2D eigenvalue weighted by molar-refractivity contribution is 0.768. The van der Waals surface area contributed by atoms with Crippen LogP contribution in [0.1, 0.15) is 29.1 Å². The van der Waals surface area contributed by atoms with Gasteiger partial charge in [-0.2, -0.15) is 0 Å². The Morgan fingerprint density at radius 1 is 0.471 bits per heavy atom. The van der Waals surface area contributed by atoms with Gasteiger partial charge in [-0.05, 0) is 81.9 Å². The molecule has 0 N–H and O–H groups in total. The summed E-state index contributed by atoms with van der Waals surface area (Å²) in [6, 6.07) is 58.7. The van der Waals surface area contributed by atoms with Crippen molar-refractivity contribution in [1.29, 1.82) is 0 Å². The van der Waals surface area contributed by atoms with E-state index in [1.54, 1.807) is 0 Å². The van der Waals surface area contributed by atoms with Crippen molar-refractivity contribution in [3.8, 4) is 16.8 Å². The van der Waals surface area contributed by atoms with Crippen LogP contribution in [0.4, 0.5) is 17.1 Å². The standard InChI is InChI=1S/C49H34N2/c1-5-18-35(19-6-1)49(36-20-7-2-8-21-36)44-29-15-13-26-40(44)41-33-32-39(34-45(41)49)50(37-22-9-3-10-23-37)47-31-17-28-43-42-27-14-16-30-46(42)51(48(43)47)38-24-11-4-12-25-38/h1-34H/i3D,9D,10D,22D,23D. The van der Waals surface area contributed by atoms with Crippen LogP contribution in [0.25, 0.3) is 38.6 Å². The molecule has 9 aromatic rings. The van der Waals surface area contributed by atoms with Gasteiger partial charge in [0, 0.05) is 27.8 Å². The molecule has 240 valence electrons. The summed E-state index contributed by atoms with van der Waals surface area (Å²) in [5, 5.41) is 2.03. The Kier molecular flexibility index (Phi) is 5.64. The summed E-state index contributed by atoms with van der Waals surface area (Å²) in [6.07, 6.45) is 0. The summed E-state index contributed by atoms with van der Waals surface area (Å²) >= 11 is 0. The number of aromatic nitrogens is 1. The second-order valence-electron chi connectivity index (χ2n) is 12.9. The van der Waals surface area contributed by atoms with E-state index in [-0.39, 0.29) is 17.8 Å². The molecule has 1 aliphatic carbocycles. The van der Waals surface area contributed by atoms with Gasteiger partial charge in [0.15, 0.2) is 0 Å². The molecule has 0 bridgehead atoms. The smallest absolute Gasteiger partial charge is 0.0782 e. The molecular formula is C49H34N2. The summed E-state index contributed by atoms with van der Waals surface area (Å²) in [7, 11) is 0. The van der Waals surface area contributed by atoms with Crippen molar-refractivity contribution in [2.24, 2.45) is 0 Å². The monoisotopic (exact) mass is 655 g/mol. The molecule has 0 spiro atoms. The van der Waals surface area contributed by atoms with Gasteiger partial charge in [0.25, 0.3) is 0 Å². The summed E-state index contributed by atoms with van der Waals surface area (Å²) in [6.45, 7) is 0. The Hall–Kier alpha value is -6.64. The highest BCUT2D eigenvalue weighted by Crippen LogP contribution is 2.57. The minimum absolute atomic E-state index is 0.0776. The van der Waals surface area contributed by atoms with Crippen molar-refractivity contribution in [1.82, 2.24) is 4.57 Å². The van der Waals surface area contributed by atoms with Gasteiger partial charge < -0.3 is 9.47 Å². The van der Waals surface area contributed by atoms with Gasteiger partial charge in [-0.3, -0.25) is 0 Å². The molecule has 0 aliphatic heterocycles. The number of fused-ring (bicyclic) bond motifs is 6.